The Morgan fingerprint density at radius 2 is 1.87 bits per heavy atom. The first-order chi connectivity index (χ1) is 21.9. The number of benzene rings is 2. The van der Waals surface area contributed by atoms with Crippen LogP contribution in [0.2, 0.25) is 0 Å². The molecule has 2 aliphatic heterocycles. The molecule has 2 atom stereocenters. The Bertz CT molecular complexity index is 1540. The van der Waals surface area contributed by atoms with Crippen LogP contribution in [0, 0.1) is 35.7 Å². The summed E-state index contributed by atoms with van der Waals surface area (Å²) in [6.07, 6.45) is 3.06. The number of amides is 3. The van der Waals surface area contributed by atoms with E-state index >= 15 is 0 Å². The van der Waals surface area contributed by atoms with Crippen LogP contribution in [-0.4, -0.2) is 84.7 Å². The zero-order valence-corrected chi connectivity index (χ0v) is 26.7. The minimum Gasteiger partial charge on any atom is -0.384 e. The molecule has 2 heterocycles. The minimum atomic E-state index is -1.67. The van der Waals surface area contributed by atoms with E-state index in [9.17, 15) is 36.9 Å². The highest BCUT2D eigenvalue weighted by Gasteiger charge is 2.53. The number of rotatable bonds is 12. The van der Waals surface area contributed by atoms with E-state index in [1.807, 2.05) is 6.07 Å². The Labute approximate surface area is 268 Å². The lowest BCUT2D eigenvalue weighted by Crippen LogP contribution is -2.73. The van der Waals surface area contributed by atoms with Gasteiger partial charge in [0.25, 0.3) is 5.91 Å². The number of aliphatic hydroxyl groups is 1. The van der Waals surface area contributed by atoms with Gasteiger partial charge in [0.05, 0.1) is 42.1 Å². The van der Waals surface area contributed by atoms with Crippen molar-refractivity contribution in [3.05, 3.63) is 58.9 Å². The zero-order chi connectivity index (χ0) is 33.6. The summed E-state index contributed by atoms with van der Waals surface area (Å²) in [5.74, 6) is -4.41. The molecule has 3 amide bonds. The number of likely N-dealkylation sites (tertiary alicyclic amines) is 2. The number of hydrogen-bond donors (Lipinski definition) is 2. The maximum Gasteiger partial charge on any atom is 0.256 e. The van der Waals surface area contributed by atoms with Gasteiger partial charge in [0.1, 0.15) is 28.9 Å². The molecule has 2 aromatic carbocycles. The van der Waals surface area contributed by atoms with Crippen LogP contribution < -0.4 is 5.32 Å². The molecule has 14 heteroatoms. The molecule has 2 N–H and O–H groups in total. The highest BCUT2D eigenvalue weighted by atomic mass is 32.2. The zero-order valence-electron chi connectivity index (χ0n) is 25.9. The summed E-state index contributed by atoms with van der Waals surface area (Å²) in [6, 6.07) is 7.35. The summed E-state index contributed by atoms with van der Waals surface area (Å²) in [7, 11) is -1.67. The Balaban J connectivity index is 1.38. The molecule has 4 rings (SSSR count). The Morgan fingerprint density at radius 1 is 1.13 bits per heavy atom. The summed E-state index contributed by atoms with van der Waals surface area (Å²) < 4.78 is 57.1. The lowest BCUT2D eigenvalue weighted by atomic mass is 9.80. The second-order valence-corrected chi connectivity index (χ2v) is 13.2. The van der Waals surface area contributed by atoms with Crippen LogP contribution in [0.15, 0.2) is 30.3 Å². The second kappa shape index (κ2) is 15.1. The first-order valence-electron chi connectivity index (χ1n) is 15.3. The molecule has 10 nitrogen and oxygen atoms in total. The Morgan fingerprint density at radius 3 is 2.54 bits per heavy atom. The van der Waals surface area contributed by atoms with Gasteiger partial charge in [-0.3, -0.25) is 14.4 Å². The van der Waals surface area contributed by atoms with Crippen molar-refractivity contribution in [1.29, 1.82) is 5.26 Å². The minimum absolute atomic E-state index is 0.125. The van der Waals surface area contributed by atoms with E-state index in [1.54, 1.807) is 24.8 Å². The van der Waals surface area contributed by atoms with Crippen LogP contribution in [0.3, 0.4) is 0 Å². The van der Waals surface area contributed by atoms with Gasteiger partial charge < -0.3 is 20.2 Å². The number of nitrogens with one attached hydrogen (secondary N) is 1. The quantitative estimate of drug-likeness (QED) is 0.256. The first kappa shape index (κ1) is 34.9. The summed E-state index contributed by atoms with van der Waals surface area (Å²) >= 11 is 0. The molecule has 0 radical (unpaired) electrons. The van der Waals surface area contributed by atoms with E-state index in [-0.39, 0.29) is 61.3 Å². The molecule has 0 saturated carbocycles. The summed E-state index contributed by atoms with van der Waals surface area (Å²) in [4.78, 5) is 41.6. The number of carbonyl (C=O) groups is 3. The van der Waals surface area contributed by atoms with Crippen LogP contribution in [0.25, 0.3) is 0 Å². The standard InChI is InChI=1S/C32H38F3N5O5S/c1-3-27(41)40(16-14-36)46(45)17-7-5-9-28(42)39-15-6-4-8-26(39)32(44)19-38(20-32)31(43)22-11-12-23(33)29(35)30(22)37-25-13-10-21(2)18-24(25)34/h10-13,18,26,37,44H,3-9,15-17,19-20H2,1-2H3. The average molecular weight is 662 g/mol. The van der Waals surface area contributed by atoms with E-state index in [4.69, 9.17) is 5.26 Å². The molecule has 2 unspecified atom stereocenters. The van der Waals surface area contributed by atoms with Crippen LogP contribution in [-0.2, 0) is 20.6 Å². The first-order valence-corrected chi connectivity index (χ1v) is 16.6. The third-order valence-corrected chi connectivity index (χ3v) is 9.83. The molecule has 2 aliphatic rings. The van der Waals surface area contributed by atoms with Crippen LogP contribution >= 0.6 is 0 Å². The summed E-state index contributed by atoms with van der Waals surface area (Å²) in [5, 5.41) is 23.0. The predicted octanol–water partition coefficient (Wildman–Crippen LogP) is 4.32. The van der Waals surface area contributed by atoms with Gasteiger partial charge in [-0.25, -0.2) is 21.7 Å². The third kappa shape index (κ3) is 7.70. The van der Waals surface area contributed by atoms with Crippen molar-refractivity contribution in [2.24, 2.45) is 0 Å². The second-order valence-electron chi connectivity index (χ2n) is 11.7. The van der Waals surface area contributed by atoms with Gasteiger partial charge in [-0.2, -0.15) is 5.26 Å². The molecular formula is C32H38F3N5O5S. The van der Waals surface area contributed by atoms with Crippen molar-refractivity contribution in [3.63, 3.8) is 0 Å². The molecule has 0 aromatic heterocycles. The fourth-order valence-electron chi connectivity index (χ4n) is 5.91. The smallest absolute Gasteiger partial charge is 0.256 e. The molecule has 2 aromatic rings. The number of β-amino-alcohol motifs (C(OH)–C–C–N with tert-alkyl or cyclic N) is 1. The van der Waals surface area contributed by atoms with E-state index < -0.39 is 51.7 Å². The molecule has 2 fully saturated rings. The van der Waals surface area contributed by atoms with Gasteiger partial charge in [0, 0.05) is 25.1 Å². The van der Waals surface area contributed by atoms with Crippen molar-refractivity contribution in [3.8, 4) is 6.07 Å². The molecule has 0 aliphatic carbocycles. The van der Waals surface area contributed by atoms with Crippen molar-refractivity contribution in [2.45, 2.75) is 70.4 Å². The van der Waals surface area contributed by atoms with E-state index in [0.29, 0.717) is 31.4 Å². The largest absolute Gasteiger partial charge is 0.384 e. The topological polar surface area (TPSA) is 134 Å². The van der Waals surface area contributed by atoms with Gasteiger partial charge >= 0.3 is 0 Å². The fraction of sp³-hybridized carbons (Fsp3) is 0.500. The highest BCUT2D eigenvalue weighted by molar-refractivity contribution is 7.83. The number of hydrogen-bond acceptors (Lipinski definition) is 7. The third-order valence-electron chi connectivity index (χ3n) is 8.37. The molecule has 0 bridgehead atoms. The van der Waals surface area contributed by atoms with Crippen molar-refractivity contribution < 1.29 is 36.9 Å². The number of piperidine rings is 1. The van der Waals surface area contributed by atoms with Gasteiger partial charge in [-0.1, -0.05) is 13.0 Å². The maximum atomic E-state index is 14.9. The van der Waals surface area contributed by atoms with Crippen LogP contribution in [0.4, 0.5) is 24.5 Å². The van der Waals surface area contributed by atoms with Gasteiger partial charge in [-0.15, -0.1) is 0 Å². The number of carbonyl (C=O) groups excluding carboxylic acids is 3. The average Bonchev–Trinajstić information content (AvgIpc) is 3.02. The van der Waals surface area contributed by atoms with E-state index in [2.05, 4.69) is 5.32 Å². The fourth-order valence-corrected chi connectivity index (χ4v) is 7.13. The number of unbranched alkanes of at least 4 members (excludes halogenated alkanes) is 1. The molecule has 46 heavy (non-hydrogen) atoms. The van der Waals surface area contributed by atoms with Crippen LogP contribution in [0.1, 0.15) is 67.8 Å². The van der Waals surface area contributed by atoms with Gasteiger partial charge in [0.2, 0.25) is 11.8 Å². The maximum absolute atomic E-state index is 14.9. The summed E-state index contributed by atoms with van der Waals surface area (Å²) in [5.41, 5.74) is -1.69. The SMILES string of the molecule is CCC(=O)N(CC#N)S(=O)CCCCC(=O)N1CCCCC1C1(O)CN(C(=O)c2ccc(F)c(F)c2Nc2ccc(C)cc2F)C1. The van der Waals surface area contributed by atoms with Crippen molar-refractivity contribution >= 4 is 40.1 Å². The van der Waals surface area contributed by atoms with Crippen molar-refractivity contribution in [2.75, 3.05) is 37.2 Å². The van der Waals surface area contributed by atoms with E-state index in [1.165, 1.54) is 17.0 Å². The van der Waals surface area contributed by atoms with Crippen molar-refractivity contribution in [1.82, 2.24) is 14.1 Å². The summed E-state index contributed by atoms with van der Waals surface area (Å²) in [6.45, 7) is 3.16. The molecule has 248 valence electrons. The monoisotopic (exact) mass is 661 g/mol. The molecule has 0 spiro atoms. The Hall–Kier alpha value is -3.96. The van der Waals surface area contributed by atoms with Gasteiger partial charge in [0.15, 0.2) is 11.6 Å². The Kier molecular flexibility index (Phi) is 11.4. The lowest BCUT2D eigenvalue weighted by molar-refractivity contribution is -0.161. The molecular weight excluding hydrogens is 623 g/mol. The predicted molar refractivity (Wildman–Crippen MR) is 165 cm³/mol. The number of nitrogens with zero attached hydrogens (tertiary/aromatic N) is 4. The normalized spacial score (nSPS) is 17.9. The lowest BCUT2D eigenvalue weighted by Gasteiger charge is -2.54. The van der Waals surface area contributed by atoms with Gasteiger partial charge in [-0.05, 0) is 68.9 Å². The molecule has 2 saturated heterocycles. The number of anilines is 2. The number of halogens is 3. The van der Waals surface area contributed by atoms with E-state index in [0.717, 1.165) is 29.3 Å². The highest BCUT2D eigenvalue weighted by Crippen LogP contribution is 2.37. The number of aryl methyl sites for hydroxylation is 1. The number of nitriles is 1. The van der Waals surface area contributed by atoms with Crippen LogP contribution in [0.5, 0.6) is 0 Å².